The maximum atomic E-state index is 12.1. The number of nitrogens with zero attached hydrogens (tertiary/aromatic N) is 3. The van der Waals surface area contributed by atoms with Gasteiger partial charge in [0.05, 0.1) is 4.92 Å². The molecule has 0 saturated carbocycles. The fourth-order valence-electron chi connectivity index (χ4n) is 1.89. The number of hydrogen-bond donors (Lipinski definition) is 2. The van der Waals surface area contributed by atoms with Gasteiger partial charge < -0.3 is 10.4 Å². The Labute approximate surface area is 114 Å². The second-order valence-electron chi connectivity index (χ2n) is 4.32. The van der Waals surface area contributed by atoms with E-state index in [1.54, 1.807) is 6.92 Å². The van der Waals surface area contributed by atoms with Gasteiger partial charge in [0.2, 0.25) is 5.69 Å². The summed E-state index contributed by atoms with van der Waals surface area (Å²) in [6.45, 7) is 3.19. The third kappa shape index (κ3) is 3.11. The number of carbonyl (C=O) groups excluding carboxylic acids is 1. The molecule has 0 radical (unpaired) electrons. The second-order valence-corrected chi connectivity index (χ2v) is 4.32. The van der Waals surface area contributed by atoms with Crippen molar-refractivity contribution >= 4 is 17.6 Å². The van der Waals surface area contributed by atoms with Crippen molar-refractivity contribution < 1.29 is 19.6 Å². The van der Waals surface area contributed by atoms with Crippen LogP contribution in [0.25, 0.3) is 0 Å². The number of hydrogen-bond acceptors (Lipinski definition) is 5. The van der Waals surface area contributed by atoms with E-state index in [0.29, 0.717) is 6.42 Å². The molecule has 0 aromatic carbocycles. The van der Waals surface area contributed by atoms with E-state index in [0.717, 1.165) is 4.68 Å². The van der Waals surface area contributed by atoms with E-state index in [4.69, 9.17) is 5.11 Å². The molecule has 20 heavy (non-hydrogen) atoms. The minimum absolute atomic E-state index is 0.102. The van der Waals surface area contributed by atoms with Gasteiger partial charge in [-0.15, -0.1) is 0 Å². The first-order chi connectivity index (χ1) is 9.29. The lowest BCUT2D eigenvalue weighted by molar-refractivity contribution is -0.385. The number of aliphatic carboxylic acids is 1. The lowest BCUT2D eigenvalue weighted by atomic mass is 10.1. The largest absolute Gasteiger partial charge is 0.480 e. The average Bonchev–Trinajstić information content (AvgIpc) is 2.63. The van der Waals surface area contributed by atoms with Gasteiger partial charge in [-0.3, -0.25) is 19.6 Å². The summed E-state index contributed by atoms with van der Waals surface area (Å²) in [6, 6.07) is -1.08. The van der Waals surface area contributed by atoms with Crippen LogP contribution in [0.2, 0.25) is 0 Å². The van der Waals surface area contributed by atoms with Crippen molar-refractivity contribution in [2.75, 3.05) is 0 Å². The predicted molar refractivity (Wildman–Crippen MR) is 68.4 cm³/mol. The highest BCUT2D eigenvalue weighted by Crippen LogP contribution is 2.22. The van der Waals surface area contributed by atoms with Gasteiger partial charge in [0.1, 0.15) is 11.7 Å². The minimum atomic E-state index is -1.18. The monoisotopic (exact) mass is 284 g/mol. The Morgan fingerprint density at radius 2 is 2.15 bits per heavy atom. The molecule has 0 aliphatic rings. The number of amides is 1. The molecule has 1 atom stereocenters. The van der Waals surface area contributed by atoms with Crippen LogP contribution in [0, 0.1) is 17.0 Å². The number of aryl methyl sites for hydroxylation is 2. The van der Waals surface area contributed by atoms with Crippen molar-refractivity contribution in [3.63, 3.8) is 0 Å². The van der Waals surface area contributed by atoms with Crippen LogP contribution in [-0.2, 0) is 11.8 Å². The summed E-state index contributed by atoms with van der Waals surface area (Å²) in [5.74, 6) is -2.00. The fourth-order valence-corrected chi connectivity index (χ4v) is 1.89. The lowest BCUT2D eigenvalue weighted by Gasteiger charge is -2.13. The normalized spacial score (nSPS) is 11.9. The molecule has 1 rings (SSSR count). The molecule has 0 aliphatic heterocycles. The molecule has 0 spiro atoms. The smallest absolute Gasteiger partial charge is 0.326 e. The molecular weight excluding hydrogens is 268 g/mol. The molecule has 0 fully saturated rings. The topological polar surface area (TPSA) is 127 Å². The van der Waals surface area contributed by atoms with E-state index >= 15 is 0 Å². The molecule has 0 saturated heterocycles. The van der Waals surface area contributed by atoms with Crippen LogP contribution < -0.4 is 5.32 Å². The number of nitrogens with one attached hydrogen (secondary N) is 1. The highest BCUT2D eigenvalue weighted by molar-refractivity contribution is 5.98. The van der Waals surface area contributed by atoms with E-state index in [1.165, 1.54) is 14.0 Å². The number of carboxylic acids is 1. The van der Waals surface area contributed by atoms with Crippen molar-refractivity contribution in [1.29, 1.82) is 0 Å². The van der Waals surface area contributed by atoms with Gasteiger partial charge in [0.25, 0.3) is 5.91 Å². The molecule has 1 amide bonds. The summed E-state index contributed by atoms with van der Waals surface area (Å²) < 4.78 is 1.08. The fraction of sp³-hybridized carbons (Fsp3) is 0.545. The van der Waals surface area contributed by atoms with Crippen LogP contribution in [0.15, 0.2) is 0 Å². The zero-order valence-corrected chi connectivity index (χ0v) is 11.4. The van der Waals surface area contributed by atoms with E-state index in [-0.39, 0.29) is 17.8 Å². The summed E-state index contributed by atoms with van der Waals surface area (Å²) in [7, 11) is 1.39. The maximum Gasteiger partial charge on any atom is 0.326 e. The summed E-state index contributed by atoms with van der Waals surface area (Å²) in [4.78, 5) is 33.3. The summed E-state index contributed by atoms with van der Waals surface area (Å²) >= 11 is 0. The van der Waals surface area contributed by atoms with Crippen molar-refractivity contribution in [3.05, 3.63) is 21.5 Å². The van der Waals surface area contributed by atoms with Gasteiger partial charge in [-0.1, -0.05) is 13.3 Å². The first-order valence-electron chi connectivity index (χ1n) is 6.01. The van der Waals surface area contributed by atoms with Gasteiger partial charge in [-0.25, -0.2) is 4.79 Å². The summed E-state index contributed by atoms with van der Waals surface area (Å²) in [6.07, 6.45) is 0.801. The van der Waals surface area contributed by atoms with E-state index in [9.17, 15) is 19.7 Å². The molecule has 9 heteroatoms. The molecule has 1 aromatic heterocycles. The molecule has 1 aromatic rings. The van der Waals surface area contributed by atoms with Crippen LogP contribution in [0.1, 0.15) is 35.9 Å². The quantitative estimate of drug-likeness (QED) is 0.582. The minimum Gasteiger partial charge on any atom is -0.480 e. The van der Waals surface area contributed by atoms with E-state index in [1.807, 2.05) is 0 Å². The SMILES string of the molecule is CCCC(NC(=O)c1c([N+](=O)[O-])c(C)nn1C)C(=O)O. The first kappa shape index (κ1) is 15.6. The number of carbonyl (C=O) groups is 2. The van der Waals surface area contributed by atoms with Crippen LogP contribution in [0.5, 0.6) is 0 Å². The Balaban J connectivity index is 3.09. The standard InChI is InChI=1S/C11H16N4O5/c1-4-5-7(11(17)18)12-10(16)9-8(15(19)20)6(2)13-14(9)3/h7H,4-5H2,1-3H3,(H,12,16)(H,17,18). The van der Waals surface area contributed by atoms with Crippen LogP contribution in [0.3, 0.4) is 0 Å². The molecule has 0 aliphatic carbocycles. The van der Waals surface area contributed by atoms with Crippen molar-refractivity contribution in [2.45, 2.75) is 32.7 Å². The molecule has 1 heterocycles. The number of aromatic nitrogens is 2. The van der Waals surface area contributed by atoms with Gasteiger partial charge in [-0.2, -0.15) is 5.10 Å². The second kappa shape index (κ2) is 6.13. The molecule has 1 unspecified atom stereocenters. The van der Waals surface area contributed by atoms with Gasteiger partial charge in [0.15, 0.2) is 0 Å². The number of rotatable bonds is 6. The highest BCUT2D eigenvalue weighted by Gasteiger charge is 2.31. The van der Waals surface area contributed by atoms with Crippen LogP contribution in [-0.4, -0.2) is 37.7 Å². The lowest BCUT2D eigenvalue weighted by Crippen LogP contribution is -2.41. The Morgan fingerprint density at radius 1 is 1.55 bits per heavy atom. The maximum absolute atomic E-state index is 12.1. The Hall–Kier alpha value is -2.45. The van der Waals surface area contributed by atoms with E-state index in [2.05, 4.69) is 10.4 Å². The zero-order valence-electron chi connectivity index (χ0n) is 11.4. The predicted octanol–water partition coefficient (Wildman–Crippen LogP) is 0.620. The highest BCUT2D eigenvalue weighted by atomic mass is 16.6. The molecule has 9 nitrogen and oxygen atoms in total. The third-order valence-electron chi connectivity index (χ3n) is 2.77. The Morgan fingerprint density at radius 3 is 2.60 bits per heavy atom. The van der Waals surface area contributed by atoms with Crippen LogP contribution in [0.4, 0.5) is 5.69 Å². The molecule has 110 valence electrons. The van der Waals surface area contributed by atoms with Gasteiger partial charge >= 0.3 is 11.7 Å². The zero-order chi connectivity index (χ0) is 15.4. The Bertz CT molecular complexity index is 551. The first-order valence-corrected chi connectivity index (χ1v) is 6.01. The molecular formula is C11H16N4O5. The number of nitro groups is 1. The van der Waals surface area contributed by atoms with Crippen molar-refractivity contribution in [3.8, 4) is 0 Å². The van der Waals surface area contributed by atoms with Gasteiger partial charge in [0, 0.05) is 7.05 Å². The summed E-state index contributed by atoms with van der Waals surface area (Å²) in [5.41, 5.74) is -0.564. The van der Waals surface area contributed by atoms with Crippen molar-refractivity contribution in [1.82, 2.24) is 15.1 Å². The Kier molecular flexibility index (Phi) is 4.78. The third-order valence-corrected chi connectivity index (χ3v) is 2.77. The summed E-state index contributed by atoms with van der Waals surface area (Å²) in [5, 5.41) is 26.0. The average molecular weight is 284 g/mol. The number of carboxylic acid groups (broad SMARTS) is 1. The van der Waals surface area contributed by atoms with Crippen molar-refractivity contribution in [2.24, 2.45) is 7.05 Å². The van der Waals surface area contributed by atoms with E-state index < -0.39 is 28.5 Å². The van der Waals surface area contributed by atoms with Gasteiger partial charge in [-0.05, 0) is 13.3 Å². The molecule has 2 N–H and O–H groups in total. The van der Waals surface area contributed by atoms with Crippen LogP contribution >= 0.6 is 0 Å². The molecule has 0 bridgehead atoms.